The molecule has 0 spiro atoms. The van der Waals surface area contributed by atoms with Crippen LogP contribution in [0.25, 0.3) is 0 Å². The number of guanidine groups is 1. The van der Waals surface area contributed by atoms with Gasteiger partial charge in [-0.15, -0.1) is 24.0 Å². The van der Waals surface area contributed by atoms with Crippen LogP contribution in [0, 0.1) is 12.8 Å². The second-order valence-corrected chi connectivity index (χ2v) is 7.63. The number of hydrogen-bond donors (Lipinski definition) is 2. The van der Waals surface area contributed by atoms with Crippen LogP contribution in [0.3, 0.4) is 0 Å². The second kappa shape index (κ2) is 12.8. The number of imidazole rings is 1. The lowest BCUT2D eigenvalue weighted by atomic mass is 10.0. The fraction of sp³-hybridized carbons (Fsp3) is 0.545. The van der Waals surface area contributed by atoms with Crippen LogP contribution in [0.1, 0.15) is 57.5 Å². The molecule has 0 aliphatic carbocycles. The van der Waals surface area contributed by atoms with Crippen molar-refractivity contribution in [1.29, 1.82) is 0 Å². The zero-order valence-electron chi connectivity index (χ0n) is 17.9. The number of benzene rings is 1. The van der Waals surface area contributed by atoms with Crippen molar-refractivity contribution in [1.82, 2.24) is 20.2 Å². The summed E-state index contributed by atoms with van der Waals surface area (Å²) in [5, 5.41) is 6.88. The van der Waals surface area contributed by atoms with E-state index in [1.807, 2.05) is 19.3 Å². The van der Waals surface area contributed by atoms with Crippen molar-refractivity contribution >= 4 is 29.9 Å². The molecule has 0 saturated carbocycles. The molecule has 1 aromatic carbocycles. The molecule has 2 rings (SSSR count). The summed E-state index contributed by atoms with van der Waals surface area (Å²) in [5.74, 6) is 2.66. The molecule has 1 aromatic heterocycles. The fourth-order valence-corrected chi connectivity index (χ4v) is 2.97. The van der Waals surface area contributed by atoms with Gasteiger partial charge < -0.3 is 15.2 Å². The highest BCUT2D eigenvalue weighted by molar-refractivity contribution is 14.0. The van der Waals surface area contributed by atoms with E-state index in [1.165, 1.54) is 17.5 Å². The van der Waals surface area contributed by atoms with E-state index in [0.717, 1.165) is 37.2 Å². The Labute approximate surface area is 187 Å². The first-order valence-corrected chi connectivity index (χ1v) is 10.1. The van der Waals surface area contributed by atoms with Crippen molar-refractivity contribution in [2.24, 2.45) is 10.9 Å². The third-order valence-corrected chi connectivity index (χ3v) is 4.59. The second-order valence-electron chi connectivity index (χ2n) is 7.63. The van der Waals surface area contributed by atoms with E-state index in [2.05, 4.69) is 72.1 Å². The first-order valence-electron chi connectivity index (χ1n) is 10.1. The maximum Gasteiger partial charge on any atom is 0.191 e. The molecule has 0 aliphatic rings. The Morgan fingerprint density at radius 3 is 2.57 bits per heavy atom. The van der Waals surface area contributed by atoms with Gasteiger partial charge in [0.2, 0.25) is 0 Å². The summed E-state index contributed by atoms with van der Waals surface area (Å²) in [6.07, 6.45) is 6.25. The van der Waals surface area contributed by atoms with Crippen LogP contribution in [0.2, 0.25) is 0 Å². The van der Waals surface area contributed by atoms with Crippen molar-refractivity contribution in [3.05, 3.63) is 53.6 Å². The van der Waals surface area contributed by atoms with Crippen LogP contribution < -0.4 is 10.6 Å². The molecule has 6 heteroatoms. The lowest BCUT2D eigenvalue weighted by Crippen LogP contribution is -2.42. The minimum Gasteiger partial charge on any atom is -0.357 e. The molecular weight excluding hydrogens is 461 g/mol. The molecule has 0 fully saturated rings. The summed E-state index contributed by atoms with van der Waals surface area (Å²) in [7, 11) is 0. The number of nitrogens with one attached hydrogen (secondary N) is 2. The lowest BCUT2D eigenvalue weighted by molar-refractivity contribution is 0.489. The van der Waals surface area contributed by atoms with Crippen LogP contribution in [-0.4, -0.2) is 28.1 Å². The number of hydrogen-bond acceptors (Lipinski definition) is 2. The number of halogens is 1. The molecule has 0 amide bonds. The van der Waals surface area contributed by atoms with Crippen LogP contribution in [0.5, 0.6) is 0 Å². The first-order chi connectivity index (χ1) is 13.0. The summed E-state index contributed by atoms with van der Waals surface area (Å²) in [5.41, 5.74) is 2.49. The van der Waals surface area contributed by atoms with Gasteiger partial charge in [0.05, 0.1) is 6.54 Å². The molecule has 5 nitrogen and oxygen atoms in total. The normalized spacial score (nSPS) is 12.6. The number of rotatable bonds is 9. The van der Waals surface area contributed by atoms with E-state index in [0.29, 0.717) is 12.6 Å². The van der Waals surface area contributed by atoms with Crippen molar-refractivity contribution in [2.75, 3.05) is 6.54 Å². The molecule has 156 valence electrons. The Morgan fingerprint density at radius 2 is 1.93 bits per heavy atom. The number of nitrogens with zero attached hydrogens (tertiary/aromatic N) is 3. The minimum absolute atomic E-state index is 0. The maximum atomic E-state index is 4.78. The third-order valence-electron chi connectivity index (χ3n) is 4.59. The van der Waals surface area contributed by atoms with Gasteiger partial charge in [0.15, 0.2) is 5.96 Å². The van der Waals surface area contributed by atoms with Gasteiger partial charge >= 0.3 is 0 Å². The van der Waals surface area contributed by atoms with Gasteiger partial charge in [-0.3, -0.25) is 0 Å². The van der Waals surface area contributed by atoms with Crippen LogP contribution in [0.4, 0.5) is 0 Å². The van der Waals surface area contributed by atoms with E-state index in [4.69, 9.17) is 4.99 Å². The standard InChI is InChI=1S/C22H35N5.HI/c1-6-23-22(26-18(4)11-10-17(2)3)25-15-20-8-7-9-21(14-20)16-27-13-12-24-19(27)5;/h7-9,12-14,17-18H,6,10-11,15-16H2,1-5H3,(H2,23,25,26);1H. The molecule has 1 atom stereocenters. The number of aryl methyl sites for hydroxylation is 1. The molecule has 1 unspecified atom stereocenters. The van der Waals surface area contributed by atoms with Gasteiger partial charge in [0, 0.05) is 31.5 Å². The number of aliphatic imine (C=N–C) groups is 1. The van der Waals surface area contributed by atoms with E-state index < -0.39 is 0 Å². The predicted octanol–water partition coefficient (Wildman–Crippen LogP) is 4.74. The highest BCUT2D eigenvalue weighted by Gasteiger charge is 2.06. The van der Waals surface area contributed by atoms with Gasteiger partial charge in [-0.05, 0) is 50.7 Å². The summed E-state index contributed by atoms with van der Waals surface area (Å²) >= 11 is 0. The Hall–Kier alpha value is -1.57. The fourth-order valence-electron chi connectivity index (χ4n) is 2.97. The molecule has 28 heavy (non-hydrogen) atoms. The summed E-state index contributed by atoms with van der Waals surface area (Å²) in [6, 6.07) is 9.05. The van der Waals surface area contributed by atoms with Crippen LogP contribution >= 0.6 is 24.0 Å². The molecule has 0 bridgehead atoms. The van der Waals surface area contributed by atoms with Crippen molar-refractivity contribution in [3.63, 3.8) is 0 Å². The van der Waals surface area contributed by atoms with Gasteiger partial charge in [-0.1, -0.05) is 38.1 Å². The molecule has 2 N–H and O–H groups in total. The monoisotopic (exact) mass is 497 g/mol. The van der Waals surface area contributed by atoms with Crippen LogP contribution in [-0.2, 0) is 13.1 Å². The Bertz CT molecular complexity index is 723. The molecular formula is C22H36IN5. The minimum atomic E-state index is 0. The lowest BCUT2D eigenvalue weighted by Gasteiger charge is -2.18. The summed E-state index contributed by atoms with van der Waals surface area (Å²) < 4.78 is 2.16. The van der Waals surface area contributed by atoms with Crippen molar-refractivity contribution in [2.45, 2.75) is 66.6 Å². The zero-order valence-corrected chi connectivity index (χ0v) is 20.2. The molecule has 0 radical (unpaired) electrons. The number of aromatic nitrogens is 2. The average molecular weight is 497 g/mol. The van der Waals surface area contributed by atoms with Gasteiger partial charge in [0.1, 0.15) is 5.82 Å². The third kappa shape index (κ3) is 8.63. The molecule has 0 saturated heterocycles. The van der Waals surface area contributed by atoms with Crippen molar-refractivity contribution < 1.29 is 0 Å². The predicted molar refractivity (Wildman–Crippen MR) is 129 cm³/mol. The van der Waals surface area contributed by atoms with Crippen molar-refractivity contribution in [3.8, 4) is 0 Å². The Kier molecular flexibility index (Phi) is 11.2. The summed E-state index contributed by atoms with van der Waals surface area (Å²) in [6.45, 7) is 13.3. The van der Waals surface area contributed by atoms with E-state index in [-0.39, 0.29) is 24.0 Å². The largest absolute Gasteiger partial charge is 0.357 e. The molecule has 1 heterocycles. The van der Waals surface area contributed by atoms with Gasteiger partial charge in [-0.25, -0.2) is 9.98 Å². The van der Waals surface area contributed by atoms with Gasteiger partial charge in [0.25, 0.3) is 0 Å². The highest BCUT2D eigenvalue weighted by atomic mass is 127. The topological polar surface area (TPSA) is 54.2 Å². The van der Waals surface area contributed by atoms with E-state index in [1.54, 1.807) is 0 Å². The smallest absolute Gasteiger partial charge is 0.191 e. The van der Waals surface area contributed by atoms with Crippen LogP contribution in [0.15, 0.2) is 41.7 Å². The molecule has 0 aliphatic heterocycles. The average Bonchev–Trinajstić information content (AvgIpc) is 3.03. The van der Waals surface area contributed by atoms with Gasteiger partial charge in [-0.2, -0.15) is 0 Å². The SMILES string of the molecule is CCNC(=NCc1cccc(Cn2ccnc2C)c1)NC(C)CCC(C)C.I. The van der Waals surface area contributed by atoms with E-state index in [9.17, 15) is 0 Å². The maximum absolute atomic E-state index is 4.78. The summed E-state index contributed by atoms with van der Waals surface area (Å²) in [4.78, 5) is 9.07. The zero-order chi connectivity index (χ0) is 19.6. The Balaban J connectivity index is 0.00000392. The Morgan fingerprint density at radius 1 is 1.18 bits per heavy atom. The molecule has 2 aromatic rings. The van der Waals surface area contributed by atoms with E-state index >= 15 is 0 Å². The highest BCUT2D eigenvalue weighted by Crippen LogP contribution is 2.10. The first kappa shape index (κ1) is 24.5. The quantitative estimate of drug-likeness (QED) is 0.299.